The van der Waals surface area contributed by atoms with Crippen LogP contribution in [-0.2, 0) is 24.1 Å². The van der Waals surface area contributed by atoms with Crippen LogP contribution in [0.2, 0.25) is 5.15 Å². The first-order chi connectivity index (χ1) is 13.4. The van der Waals surface area contributed by atoms with Crippen molar-refractivity contribution in [1.82, 2.24) is 19.6 Å². The van der Waals surface area contributed by atoms with Crippen molar-refractivity contribution >= 4 is 41.0 Å². The number of rotatable bonds is 8. The van der Waals surface area contributed by atoms with Crippen molar-refractivity contribution < 1.29 is 9.21 Å². The van der Waals surface area contributed by atoms with E-state index in [1.165, 1.54) is 0 Å². The highest BCUT2D eigenvalue weighted by Crippen LogP contribution is 2.41. The molecule has 0 aliphatic carbocycles. The zero-order valence-electron chi connectivity index (χ0n) is 16.8. The minimum Gasteiger partial charge on any atom is -0.464 e. The van der Waals surface area contributed by atoms with E-state index in [2.05, 4.69) is 10.00 Å². The Morgan fingerprint density at radius 2 is 2.14 bits per heavy atom. The number of furan rings is 1. The highest BCUT2D eigenvalue weighted by Gasteiger charge is 2.33. The van der Waals surface area contributed by atoms with Crippen molar-refractivity contribution in [3.05, 3.63) is 40.1 Å². The number of hydrogen-bond donors (Lipinski definition) is 0. The molecule has 1 atom stereocenters. The molecule has 0 N–H and O–H groups in total. The van der Waals surface area contributed by atoms with Crippen LogP contribution in [0.4, 0.5) is 0 Å². The summed E-state index contributed by atoms with van der Waals surface area (Å²) in [6.07, 6.45) is 0.578. The van der Waals surface area contributed by atoms with Crippen LogP contribution in [0.1, 0.15) is 34.6 Å². The van der Waals surface area contributed by atoms with E-state index in [4.69, 9.17) is 16.0 Å². The zero-order chi connectivity index (χ0) is 20.3. The van der Waals surface area contributed by atoms with Crippen LogP contribution in [0, 0.1) is 6.92 Å². The molecule has 0 saturated carbocycles. The average molecular weight is 443 g/mol. The maximum absolute atomic E-state index is 12.6. The molecule has 1 fully saturated rings. The van der Waals surface area contributed by atoms with Crippen molar-refractivity contribution in [2.24, 2.45) is 7.05 Å². The fraction of sp³-hybridized carbons (Fsp3) is 0.579. The molecule has 2 aromatic rings. The third-order valence-electron chi connectivity index (χ3n) is 4.55. The lowest BCUT2D eigenvalue weighted by Crippen LogP contribution is -2.39. The molecule has 3 heterocycles. The molecule has 0 bridgehead atoms. The molecule has 9 heteroatoms. The summed E-state index contributed by atoms with van der Waals surface area (Å²) in [4.78, 5) is 16.6. The van der Waals surface area contributed by atoms with Gasteiger partial charge in [-0.15, -0.1) is 11.8 Å². The molecule has 0 radical (unpaired) electrons. The van der Waals surface area contributed by atoms with E-state index in [-0.39, 0.29) is 11.3 Å². The van der Waals surface area contributed by atoms with Crippen molar-refractivity contribution in [3.63, 3.8) is 0 Å². The van der Waals surface area contributed by atoms with E-state index in [1.807, 2.05) is 45.1 Å². The van der Waals surface area contributed by atoms with Gasteiger partial charge in [-0.05, 0) is 33.2 Å². The highest BCUT2D eigenvalue weighted by atomic mass is 35.5. The van der Waals surface area contributed by atoms with Gasteiger partial charge in [-0.1, -0.05) is 11.6 Å². The summed E-state index contributed by atoms with van der Waals surface area (Å²) in [6.45, 7) is 3.45. The predicted molar refractivity (Wildman–Crippen MR) is 117 cm³/mol. The van der Waals surface area contributed by atoms with Crippen molar-refractivity contribution in [2.45, 2.75) is 31.0 Å². The van der Waals surface area contributed by atoms with Crippen LogP contribution < -0.4 is 0 Å². The summed E-state index contributed by atoms with van der Waals surface area (Å²) in [7, 11) is 5.89. The molecule has 1 aliphatic rings. The normalized spacial score (nSPS) is 17.7. The molecular weight excluding hydrogens is 416 g/mol. The number of halogens is 1. The van der Waals surface area contributed by atoms with E-state index in [9.17, 15) is 4.79 Å². The van der Waals surface area contributed by atoms with Crippen molar-refractivity contribution in [3.8, 4) is 0 Å². The van der Waals surface area contributed by atoms with Crippen molar-refractivity contribution in [2.75, 3.05) is 32.1 Å². The van der Waals surface area contributed by atoms with E-state index in [0.717, 1.165) is 46.6 Å². The minimum absolute atomic E-state index is 0.0571. The Bertz CT molecular complexity index is 821. The zero-order valence-corrected chi connectivity index (χ0v) is 19.2. The number of hydrogen-bond acceptors (Lipinski definition) is 6. The second-order valence-electron chi connectivity index (χ2n) is 7.13. The standard InChI is InChI=1S/C19H27ClN4O2S2/c1-13-17(18(20)23(4)21-13)19-24(16(25)7-9-28-19)8-10-27-12-15-6-5-14(26-15)11-22(2)3/h5-6,19H,7-12H2,1-4H3. The minimum atomic E-state index is -0.0571. The van der Waals surface area contributed by atoms with Gasteiger partial charge in [0.05, 0.1) is 18.0 Å². The predicted octanol–water partition coefficient (Wildman–Crippen LogP) is 3.93. The maximum Gasteiger partial charge on any atom is 0.224 e. The van der Waals surface area contributed by atoms with Crippen molar-refractivity contribution in [1.29, 1.82) is 0 Å². The van der Waals surface area contributed by atoms with Crippen LogP contribution in [-0.4, -0.2) is 57.6 Å². The summed E-state index contributed by atoms with van der Waals surface area (Å²) < 4.78 is 7.54. The molecule has 3 rings (SSSR count). The van der Waals surface area contributed by atoms with Crippen LogP contribution in [0.15, 0.2) is 16.5 Å². The first-order valence-corrected chi connectivity index (χ1v) is 11.8. The Morgan fingerprint density at radius 3 is 2.82 bits per heavy atom. The largest absolute Gasteiger partial charge is 0.464 e. The number of nitrogens with zero attached hydrogens (tertiary/aromatic N) is 4. The molecule has 1 unspecified atom stereocenters. The molecule has 28 heavy (non-hydrogen) atoms. The number of thioether (sulfide) groups is 2. The SMILES string of the molecule is Cc1nn(C)c(Cl)c1C1SCCC(=O)N1CCSCc1ccc(CN(C)C)o1. The molecule has 6 nitrogen and oxygen atoms in total. The third kappa shape index (κ3) is 5.09. The monoisotopic (exact) mass is 442 g/mol. The second kappa shape index (κ2) is 9.61. The summed E-state index contributed by atoms with van der Waals surface area (Å²) in [6, 6.07) is 4.07. The van der Waals surface area contributed by atoms with Gasteiger partial charge in [0.1, 0.15) is 22.0 Å². The fourth-order valence-corrected chi connectivity index (χ4v) is 5.80. The van der Waals surface area contributed by atoms with Gasteiger partial charge >= 0.3 is 0 Å². The topological polar surface area (TPSA) is 54.5 Å². The summed E-state index contributed by atoms with van der Waals surface area (Å²) in [5.74, 6) is 4.62. The van der Waals surface area contributed by atoms with Gasteiger partial charge in [0.15, 0.2) is 0 Å². The molecule has 0 spiro atoms. The lowest BCUT2D eigenvalue weighted by Gasteiger charge is -2.35. The molecule has 2 aromatic heterocycles. The molecular formula is C19H27ClN4O2S2. The molecule has 1 amide bonds. The fourth-order valence-electron chi connectivity index (χ4n) is 3.26. The van der Waals surface area contributed by atoms with Crippen LogP contribution >= 0.6 is 35.1 Å². The summed E-state index contributed by atoms with van der Waals surface area (Å²) >= 11 is 10.0. The van der Waals surface area contributed by atoms with Crippen LogP contribution in [0.3, 0.4) is 0 Å². The average Bonchev–Trinajstić information content (AvgIpc) is 3.16. The van der Waals surface area contributed by atoms with Gasteiger partial charge < -0.3 is 14.2 Å². The van der Waals surface area contributed by atoms with Crippen LogP contribution in [0.25, 0.3) is 0 Å². The Balaban J connectivity index is 1.58. The van der Waals surface area contributed by atoms with Gasteiger partial charge in [0.2, 0.25) is 5.91 Å². The van der Waals surface area contributed by atoms with Gasteiger partial charge in [-0.25, -0.2) is 0 Å². The van der Waals surface area contributed by atoms with Gasteiger partial charge in [0, 0.05) is 37.1 Å². The number of carbonyl (C=O) groups excluding carboxylic acids is 1. The number of amides is 1. The summed E-state index contributed by atoms with van der Waals surface area (Å²) in [5, 5.41) is 4.98. The van der Waals surface area contributed by atoms with E-state index >= 15 is 0 Å². The Labute approximate surface area is 179 Å². The quantitative estimate of drug-likeness (QED) is 0.577. The van der Waals surface area contributed by atoms with E-state index in [1.54, 1.807) is 28.2 Å². The summed E-state index contributed by atoms with van der Waals surface area (Å²) in [5.41, 5.74) is 1.85. The molecule has 1 aliphatic heterocycles. The molecule has 1 saturated heterocycles. The lowest BCUT2D eigenvalue weighted by atomic mass is 10.2. The van der Waals surface area contributed by atoms with Gasteiger partial charge in [-0.2, -0.15) is 16.9 Å². The van der Waals surface area contributed by atoms with Crippen LogP contribution in [0.5, 0.6) is 0 Å². The highest BCUT2D eigenvalue weighted by molar-refractivity contribution is 7.99. The van der Waals surface area contributed by atoms with Gasteiger partial charge in [0.25, 0.3) is 0 Å². The lowest BCUT2D eigenvalue weighted by molar-refractivity contribution is -0.131. The van der Waals surface area contributed by atoms with Gasteiger partial charge in [-0.3, -0.25) is 9.48 Å². The number of carbonyl (C=O) groups is 1. The molecule has 0 aromatic carbocycles. The first-order valence-electron chi connectivity index (χ1n) is 9.27. The Hall–Kier alpha value is -1.09. The molecule has 154 valence electrons. The second-order valence-corrected chi connectivity index (χ2v) is 9.78. The first kappa shape index (κ1) is 21.6. The smallest absolute Gasteiger partial charge is 0.224 e. The maximum atomic E-state index is 12.6. The number of aromatic nitrogens is 2. The van der Waals surface area contributed by atoms with E-state index < -0.39 is 0 Å². The Morgan fingerprint density at radius 1 is 1.39 bits per heavy atom. The number of aryl methyl sites for hydroxylation is 2. The third-order valence-corrected chi connectivity index (χ3v) is 7.20. The van der Waals surface area contributed by atoms with E-state index in [0.29, 0.717) is 18.1 Å². The Kier molecular flexibility index (Phi) is 7.42.